The monoisotopic (exact) mass is 251 g/mol. The van der Waals surface area contributed by atoms with Crippen LogP contribution >= 0.6 is 23.4 Å². The molecule has 0 saturated carbocycles. The number of hydrogen-bond donors (Lipinski definition) is 1. The van der Waals surface area contributed by atoms with E-state index in [9.17, 15) is 4.79 Å². The number of anilines is 1. The molecule has 16 heavy (non-hydrogen) atoms. The van der Waals surface area contributed by atoms with Gasteiger partial charge >= 0.3 is 0 Å². The molecule has 0 spiro atoms. The van der Waals surface area contributed by atoms with Crippen molar-refractivity contribution in [1.82, 2.24) is 0 Å². The predicted octanol–water partition coefficient (Wildman–Crippen LogP) is 3.82. The Labute approximate surface area is 103 Å². The fraction of sp³-hybridized carbons (Fsp3) is 0.250. The molecule has 2 aliphatic rings. The van der Waals surface area contributed by atoms with Gasteiger partial charge in [0.25, 0.3) is 0 Å². The van der Waals surface area contributed by atoms with Gasteiger partial charge in [0, 0.05) is 22.0 Å². The Morgan fingerprint density at radius 3 is 3.06 bits per heavy atom. The number of Topliss-reactive ketones (excluding diaryl/α,β-unsaturated/α-hetero) is 1. The molecule has 1 aromatic rings. The summed E-state index contributed by atoms with van der Waals surface area (Å²) in [5.41, 5.74) is 2.14. The summed E-state index contributed by atoms with van der Waals surface area (Å²) < 4.78 is 0. The second-order valence-electron chi connectivity index (χ2n) is 3.95. The Kier molecular flexibility index (Phi) is 2.45. The molecule has 2 nitrogen and oxygen atoms in total. The van der Waals surface area contributed by atoms with Crippen LogP contribution in [0.3, 0.4) is 0 Å². The maximum absolute atomic E-state index is 11.8. The van der Waals surface area contributed by atoms with Crippen molar-refractivity contribution in [1.29, 1.82) is 0 Å². The highest BCUT2D eigenvalue weighted by Crippen LogP contribution is 2.44. The fourth-order valence-electron chi connectivity index (χ4n) is 2.02. The molecule has 1 heterocycles. The molecule has 0 radical (unpaired) electrons. The summed E-state index contributed by atoms with van der Waals surface area (Å²) in [4.78, 5) is 13.7. The van der Waals surface area contributed by atoms with Gasteiger partial charge in [0.05, 0.1) is 10.6 Å². The van der Waals surface area contributed by atoms with Crippen LogP contribution in [0, 0.1) is 0 Å². The molecule has 1 aliphatic heterocycles. The Bertz CT molecular complexity index is 510. The number of ketones is 1. The normalized spacial score (nSPS) is 18.9. The van der Waals surface area contributed by atoms with Crippen molar-refractivity contribution < 1.29 is 4.79 Å². The molecule has 1 N–H and O–H groups in total. The van der Waals surface area contributed by atoms with Crippen LogP contribution in [0.4, 0.5) is 5.69 Å². The minimum absolute atomic E-state index is 0.254. The van der Waals surface area contributed by atoms with E-state index in [0.717, 1.165) is 34.0 Å². The SMILES string of the molecule is O=C1CCCC2=C1Sc1cc(Cl)ccc1N2. The van der Waals surface area contributed by atoms with Crippen molar-refractivity contribution in [3.8, 4) is 0 Å². The minimum Gasteiger partial charge on any atom is -0.357 e. The Hall–Kier alpha value is -0.930. The van der Waals surface area contributed by atoms with Gasteiger partial charge in [-0.3, -0.25) is 4.79 Å². The first kappa shape index (κ1) is 10.2. The zero-order valence-electron chi connectivity index (χ0n) is 8.55. The standard InChI is InChI=1S/C12H10ClNOS/c13-7-4-5-8-11(6-7)16-12-9(14-8)2-1-3-10(12)15/h4-6,14H,1-3H2. The average Bonchev–Trinajstić information content (AvgIpc) is 2.28. The highest BCUT2D eigenvalue weighted by Gasteiger charge is 2.26. The van der Waals surface area contributed by atoms with Crippen molar-refractivity contribution in [3.63, 3.8) is 0 Å². The van der Waals surface area contributed by atoms with E-state index in [4.69, 9.17) is 11.6 Å². The Balaban J connectivity index is 2.04. The number of hydrogen-bond acceptors (Lipinski definition) is 3. The number of carbonyl (C=O) groups excluding carboxylic acids is 1. The number of nitrogens with one attached hydrogen (secondary N) is 1. The van der Waals surface area contributed by atoms with Gasteiger partial charge in [0.15, 0.2) is 5.78 Å². The van der Waals surface area contributed by atoms with Gasteiger partial charge in [-0.1, -0.05) is 23.4 Å². The van der Waals surface area contributed by atoms with Gasteiger partial charge in [0.2, 0.25) is 0 Å². The summed E-state index contributed by atoms with van der Waals surface area (Å²) in [7, 11) is 0. The molecular formula is C12H10ClNOS. The fourth-order valence-corrected chi connectivity index (χ4v) is 3.38. The quantitative estimate of drug-likeness (QED) is 0.760. The largest absolute Gasteiger partial charge is 0.357 e. The molecule has 0 aromatic heterocycles. The van der Waals surface area contributed by atoms with Gasteiger partial charge in [0.1, 0.15) is 0 Å². The van der Waals surface area contributed by atoms with Crippen LogP contribution in [0.5, 0.6) is 0 Å². The van der Waals surface area contributed by atoms with Gasteiger partial charge in [-0.15, -0.1) is 0 Å². The number of rotatable bonds is 0. The zero-order valence-corrected chi connectivity index (χ0v) is 10.1. The molecule has 1 aliphatic carbocycles. The molecule has 4 heteroatoms. The Morgan fingerprint density at radius 1 is 1.31 bits per heavy atom. The first-order chi connectivity index (χ1) is 7.74. The molecule has 0 fully saturated rings. The number of halogens is 1. The third-order valence-electron chi connectivity index (χ3n) is 2.80. The summed E-state index contributed by atoms with van der Waals surface area (Å²) in [6, 6.07) is 5.73. The lowest BCUT2D eigenvalue weighted by Crippen LogP contribution is -2.17. The van der Waals surface area contributed by atoms with E-state index >= 15 is 0 Å². The highest BCUT2D eigenvalue weighted by molar-refractivity contribution is 8.04. The van der Waals surface area contributed by atoms with Crippen molar-refractivity contribution in [2.24, 2.45) is 0 Å². The van der Waals surface area contributed by atoms with Crippen molar-refractivity contribution >= 4 is 34.8 Å². The van der Waals surface area contributed by atoms with Crippen molar-refractivity contribution in [3.05, 3.63) is 33.8 Å². The molecule has 3 rings (SSSR count). The maximum Gasteiger partial charge on any atom is 0.171 e. The summed E-state index contributed by atoms with van der Waals surface area (Å²) in [6.07, 6.45) is 2.59. The van der Waals surface area contributed by atoms with Crippen LogP contribution in [-0.4, -0.2) is 5.78 Å². The lowest BCUT2D eigenvalue weighted by Gasteiger charge is -2.26. The summed E-state index contributed by atoms with van der Waals surface area (Å²) >= 11 is 7.49. The first-order valence-corrected chi connectivity index (χ1v) is 6.44. The Morgan fingerprint density at radius 2 is 2.19 bits per heavy atom. The summed E-state index contributed by atoms with van der Waals surface area (Å²) in [6.45, 7) is 0. The lowest BCUT2D eigenvalue weighted by molar-refractivity contribution is -0.115. The molecule has 0 amide bonds. The van der Waals surface area contributed by atoms with Gasteiger partial charge in [-0.05, 0) is 31.0 Å². The third kappa shape index (κ3) is 1.64. The topological polar surface area (TPSA) is 29.1 Å². The van der Waals surface area contributed by atoms with Crippen LogP contribution in [0.2, 0.25) is 5.02 Å². The van der Waals surface area contributed by atoms with Crippen LogP contribution in [-0.2, 0) is 4.79 Å². The van der Waals surface area contributed by atoms with E-state index in [1.807, 2.05) is 18.2 Å². The smallest absolute Gasteiger partial charge is 0.171 e. The van der Waals surface area contributed by atoms with Gasteiger partial charge in [-0.25, -0.2) is 0 Å². The summed E-state index contributed by atoms with van der Waals surface area (Å²) in [5, 5.41) is 4.04. The molecule has 82 valence electrons. The summed E-state index contributed by atoms with van der Waals surface area (Å²) in [5.74, 6) is 0.254. The van der Waals surface area contributed by atoms with Crippen LogP contribution in [0.15, 0.2) is 33.7 Å². The van der Waals surface area contributed by atoms with Gasteiger partial charge < -0.3 is 5.32 Å². The number of benzene rings is 1. The molecule has 0 saturated heterocycles. The molecule has 0 atom stereocenters. The van der Waals surface area contributed by atoms with E-state index in [0.29, 0.717) is 11.4 Å². The number of thioether (sulfide) groups is 1. The van der Waals surface area contributed by atoms with E-state index in [-0.39, 0.29) is 5.78 Å². The minimum atomic E-state index is 0.254. The number of allylic oxidation sites excluding steroid dienone is 2. The second kappa shape index (κ2) is 3.82. The molecule has 1 aromatic carbocycles. The van der Waals surface area contributed by atoms with E-state index in [1.165, 1.54) is 0 Å². The van der Waals surface area contributed by atoms with Crippen molar-refractivity contribution in [2.45, 2.75) is 24.2 Å². The molecule has 0 bridgehead atoms. The average molecular weight is 252 g/mol. The van der Waals surface area contributed by atoms with Crippen LogP contribution < -0.4 is 5.32 Å². The van der Waals surface area contributed by atoms with E-state index in [1.54, 1.807) is 11.8 Å². The van der Waals surface area contributed by atoms with Crippen LogP contribution in [0.25, 0.3) is 0 Å². The number of carbonyl (C=O) groups is 1. The molecule has 0 unspecified atom stereocenters. The lowest BCUT2D eigenvalue weighted by atomic mass is 10.0. The van der Waals surface area contributed by atoms with Gasteiger partial charge in [-0.2, -0.15) is 0 Å². The zero-order chi connectivity index (χ0) is 11.1. The highest BCUT2D eigenvalue weighted by atomic mass is 35.5. The third-order valence-corrected chi connectivity index (χ3v) is 4.27. The maximum atomic E-state index is 11.8. The first-order valence-electron chi connectivity index (χ1n) is 5.25. The predicted molar refractivity (Wildman–Crippen MR) is 66.8 cm³/mol. The number of fused-ring (bicyclic) bond motifs is 1. The van der Waals surface area contributed by atoms with E-state index in [2.05, 4.69) is 5.32 Å². The van der Waals surface area contributed by atoms with Crippen molar-refractivity contribution in [2.75, 3.05) is 5.32 Å². The van der Waals surface area contributed by atoms with Crippen LogP contribution in [0.1, 0.15) is 19.3 Å². The molecular weight excluding hydrogens is 242 g/mol. The second-order valence-corrected chi connectivity index (χ2v) is 5.44. The van der Waals surface area contributed by atoms with E-state index < -0.39 is 0 Å².